The van der Waals surface area contributed by atoms with Gasteiger partial charge >= 0.3 is 0 Å². The molecule has 1 rings (SSSR count). The molecule has 0 spiro atoms. The molecule has 1 aromatic rings. The number of benzene rings is 1. The summed E-state index contributed by atoms with van der Waals surface area (Å²) in [5.74, 6) is 1.22. The first kappa shape index (κ1) is 25.2. The minimum absolute atomic E-state index is 0.146. The van der Waals surface area contributed by atoms with E-state index in [-0.39, 0.29) is 13.6 Å². The smallest absolute Gasteiger partial charge is 0.188 e. The van der Waals surface area contributed by atoms with Crippen LogP contribution in [0.25, 0.3) is 5.57 Å². The summed E-state index contributed by atoms with van der Waals surface area (Å²) in [4.78, 5) is 0. The lowest BCUT2D eigenvalue weighted by atomic mass is 10.0. The number of allylic oxidation sites excluding steroid dienone is 4. The zero-order valence-electron chi connectivity index (χ0n) is 16.8. The molecule has 0 aromatic heterocycles. The second-order valence-corrected chi connectivity index (χ2v) is 4.13. The van der Waals surface area contributed by atoms with Gasteiger partial charge in [-0.05, 0) is 13.0 Å². The van der Waals surface area contributed by atoms with Crippen molar-refractivity contribution < 1.29 is 18.9 Å². The van der Waals surface area contributed by atoms with Crippen LogP contribution in [0.2, 0.25) is 0 Å². The number of ether oxygens (including phenoxy) is 4. The first-order chi connectivity index (χ1) is 12.2. The fourth-order valence-electron chi connectivity index (χ4n) is 1.67. The van der Waals surface area contributed by atoms with E-state index in [2.05, 4.69) is 6.58 Å². The molecule has 0 saturated carbocycles. The molecule has 0 fully saturated rings. The Labute approximate surface area is 153 Å². The van der Waals surface area contributed by atoms with Gasteiger partial charge in [0.05, 0.1) is 0 Å². The van der Waals surface area contributed by atoms with Crippen molar-refractivity contribution >= 4 is 5.57 Å². The molecule has 25 heavy (non-hydrogen) atoms. The Bertz CT molecular complexity index is 504. The lowest BCUT2D eigenvalue weighted by molar-refractivity contribution is 0.0118. The summed E-state index contributed by atoms with van der Waals surface area (Å²) in [6.07, 6.45) is 5.78. The summed E-state index contributed by atoms with van der Waals surface area (Å²) < 4.78 is 20.9. The van der Waals surface area contributed by atoms with E-state index in [1.807, 2.05) is 77.1 Å². The third-order valence-corrected chi connectivity index (χ3v) is 2.62. The van der Waals surface area contributed by atoms with E-state index in [9.17, 15) is 0 Å². The molecular weight excluding hydrogens is 316 g/mol. The normalized spacial score (nSPS) is 10.3. The zero-order chi connectivity index (χ0) is 19.5. The van der Waals surface area contributed by atoms with Crippen LogP contribution in [0, 0.1) is 0 Å². The Kier molecular flexibility index (Phi) is 18.4. The Morgan fingerprint density at radius 1 is 1.00 bits per heavy atom. The topological polar surface area (TPSA) is 36.9 Å². The predicted molar refractivity (Wildman–Crippen MR) is 107 cm³/mol. The van der Waals surface area contributed by atoms with Crippen molar-refractivity contribution in [2.45, 2.75) is 34.6 Å². The summed E-state index contributed by atoms with van der Waals surface area (Å²) >= 11 is 0. The maximum absolute atomic E-state index is 5.59. The van der Waals surface area contributed by atoms with Gasteiger partial charge in [0.2, 0.25) is 0 Å². The van der Waals surface area contributed by atoms with Gasteiger partial charge in [-0.15, -0.1) is 0 Å². The predicted octanol–water partition coefficient (Wildman–Crippen LogP) is 5.82. The summed E-state index contributed by atoms with van der Waals surface area (Å²) in [5, 5.41) is 0. The van der Waals surface area contributed by atoms with Crippen LogP contribution < -0.4 is 4.74 Å². The van der Waals surface area contributed by atoms with Crippen molar-refractivity contribution in [3.05, 3.63) is 60.4 Å². The highest BCUT2D eigenvalue weighted by molar-refractivity contribution is 5.81. The molecule has 1 aromatic carbocycles. The highest BCUT2D eigenvalue weighted by atomic mass is 16.7. The maximum Gasteiger partial charge on any atom is 0.188 e. The first-order valence-electron chi connectivity index (χ1n) is 8.59. The van der Waals surface area contributed by atoms with Gasteiger partial charge in [0, 0.05) is 25.4 Å². The van der Waals surface area contributed by atoms with Gasteiger partial charge in [0.1, 0.15) is 11.5 Å². The molecule has 0 aliphatic carbocycles. The molecule has 0 aliphatic rings. The molecule has 0 radical (unpaired) electrons. The maximum atomic E-state index is 5.59. The lowest BCUT2D eigenvalue weighted by Gasteiger charge is -2.15. The van der Waals surface area contributed by atoms with Crippen LogP contribution in [0.4, 0.5) is 0 Å². The second-order valence-electron chi connectivity index (χ2n) is 4.13. The minimum Gasteiger partial charge on any atom is -0.468 e. The zero-order valence-corrected chi connectivity index (χ0v) is 16.8. The molecule has 0 heterocycles. The summed E-state index contributed by atoms with van der Waals surface area (Å²) in [5.41, 5.74) is 1.71. The van der Waals surface area contributed by atoms with Crippen molar-refractivity contribution in [2.24, 2.45) is 0 Å². The van der Waals surface area contributed by atoms with E-state index in [0.29, 0.717) is 11.5 Å². The van der Waals surface area contributed by atoms with Crippen LogP contribution in [0.5, 0.6) is 5.75 Å². The van der Waals surface area contributed by atoms with E-state index in [1.54, 1.807) is 14.2 Å². The highest BCUT2D eigenvalue weighted by Crippen LogP contribution is 2.31. The third kappa shape index (κ3) is 10.4. The third-order valence-electron chi connectivity index (χ3n) is 2.62. The molecule has 0 aliphatic heterocycles. The summed E-state index contributed by atoms with van der Waals surface area (Å²) in [6, 6.07) is 7.66. The van der Waals surface area contributed by atoms with E-state index >= 15 is 0 Å². The minimum atomic E-state index is 0.146. The van der Waals surface area contributed by atoms with E-state index in [1.165, 1.54) is 0 Å². The second kappa shape index (κ2) is 18.3. The van der Waals surface area contributed by atoms with Crippen molar-refractivity contribution in [3.63, 3.8) is 0 Å². The van der Waals surface area contributed by atoms with Gasteiger partial charge in [0.15, 0.2) is 13.6 Å². The van der Waals surface area contributed by atoms with Gasteiger partial charge in [-0.2, -0.15) is 0 Å². The average molecular weight is 350 g/mol. The molecule has 4 heteroatoms. The van der Waals surface area contributed by atoms with Crippen LogP contribution in [-0.4, -0.2) is 27.8 Å². The Morgan fingerprint density at radius 2 is 1.60 bits per heavy atom. The van der Waals surface area contributed by atoms with E-state index < -0.39 is 0 Å². The van der Waals surface area contributed by atoms with Gasteiger partial charge < -0.3 is 18.9 Å². The molecule has 0 amide bonds. The molecule has 0 bridgehead atoms. The van der Waals surface area contributed by atoms with Crippen molar-refractivity contribution in [1.82, 2.24) is 0 Å². The van der Waals surface area contributed by atoms with Gasteiger partial charge in [-0.3, -0.25) is 0 Å². The molecule has 142 valence electrons. The van der Waals surface area contributed by atoms with Crippen molar-refractivity contribution in [3.8, 4) is 5.75 Å². The van der Waals surface area contributed by atoms with E-state index in [4.69, 9.17) is 18.9 Å². The van der Waals surface area contributed by atoms with Crippen molar-refractivity contribution in [1.29, 1.82) is 0 Å². The van der Waals surface area contributed by atoms with Crippen molar-refractivity contribution in [2.75, 3.05) is 27.8 Å². The lowest BCUT2D eigenvalue weighted by Crippen LogP contribution is -2.03. The van der Waals surface area contributed by atoms with Gasteiger partial charge in [-0.1, -0.05) is 70.7 Å². The van der Waals surface area contributed by atoms with Crippen LogP contribution in [0.1, 0.15) is 40.2 Å². The first-order valence-corrected chi connectivity index (χ1v) is 8.59. The number of methoxy groups -OCH3 is 2. The van der Waals surface area contributed by atoms with Gasteiger partial charge in [-0.25, -0.2) is 0 Å². The van der Waals surface area contributed by atoms with Crippen LogP contribution in [0.15, 0.2) is 54.8 Å². The summed E-state index contributed by atoms with van der Waals surface area (Å²) in [6.45, 7) is 14.2. The average Bonchev–Trinajstić information content (AvgIpc) is 2.68. The monoisotopic (exact) mass is 350 g/mol. The number of hydrogen-bond donors (Lipinski definition) is 0. The fraction of sp³-hybridized carbons (Fsp3) is 0.429. The molecule has 0 atom stereocenters. The van der Waals surface area contributed by atoms with Crippen LogP contribution in [0.3, 0.4) is 0 Å². The fourth-order valence-corrected chi connectivity index (χ4v) is 1.67. The molecule has 4 nitrogen and oxygen atoms in total. The molecule has 0 unspecified atom stereocenters. The molecule has 0 N–H and O–H groups in total. The SMILES string of the molecule is C=C(OCOC)/C(=C\C=C/C)c1ccccc1OCOC.CC.CC. The van der Waals surface area contributed by atoms with Crippen LogP contribution in [-0.2, 0) is 14.2 Å². The number of rotatable bonds is 9. The Hall–Kier alpha value is -2.04. The number of para-hydroxylation sites is 1. The standard InChI is InChI=1S/C17H22O4.2C2H6/c1-5-6-9-15(14(2)20-12-18-3)16-10-7-8-11-17(16)21-13-19-4;2*1-2/h5-11H,2,12-13H2,1,3-4H3;2*1-2H3/b6-5-,15-9+;;. The molecular formula is C21H34O4. The Morgan fingerprint density at radius 3 is 2.16 bits per heavy atom. The van der Waals surface area contributed by atoms with E-state index in [0.717, 1.165) is 11.1 Å². The largest absolute Gasteiger partial charge is 0.468 e. The summed E-state index contributed by atoms with van der Waals surface area (Å²) in [7, 11) is 3.15. The van der Waals surface area contributed by atoms with Gasteiger partial charge in [0.25, 0.3) is 0 Å². The highest BCUT2D eigenvalue weighted by Gasteiger charge is 2.12. The van der Waals surface area contributed by atoms with Crippen LogP contribution >= 0.6 is 0 Å². The quantitative estimate of drug-likeness (QED) is 0.320. The molecule has 0 saturated heterocycles. The number of hydrogen-bond acceptors (Lipinski definition) is 4. The Balaban J connectivity index is 0.